The molecule has 2 aromatic carbocycles. The van der Waals surface area contributed by atoms with Crippen LogP contribution in [0.1, 0.15) is 0 Å². The first-order valence-electron chi connectivity index (χ1n) is 7.40. The second-order valence-electron chi connectivity index (χ2n) is 5.34. The van der Waals surface area contributed by atoms with Crippen molar-refractivity contribution in [2.24, 2.45) is 7.05 Å². The molecule has 3 rings (SSSR count). The van der Waals surface area contributed by atoms with Crippen LogP contribution < -0.4 is 10.9 Å². The predicted octanol–water partition coefficient (Wildman–Crippen LogP) is 3.08. The number of rotatable bonds is 4. The third-order valence-corrected chi connectivity index (χ3v) is 4.61. The smallest absolute Gasteiger partial charge is 0.261 e. The van der Waals surface area contributed by atoms with E-state index in [0.29, 0.717) is 16.1 Å². The van der Waals surface area contributed by atoms with E-state index in [4.69, 9.17) is 0 Å². The Labute approximate surface area is 149 Å². The lowest BCUT2D eigenvalue weighted by atomic mass is 10.2. The molecule has 0 aliphatic heterocycles. The van der Waals surface area contributed by atoms with Gasteiger partial charge in [0, 0.05) is 7.05 Å². The molecule has 26 heavy (non-hydrogen) atoms. The highest BCUT2D eigenvalue weighted by atomic mass is 32.2. The normalized spacial score (nSPS) is 10.9. The summed E-state index contributed by atoms with van der Waals surface area (Å²) in [5.41, 5.74) is -0.231. The average molecular weight is 379 g/mol. The molecule has 0 saturated heterocycles. The number of nitrogens with zero attached hydrogens (tertiary/aromatic N) is 2. The van der Waals surface area contributed by atoms with E-state index >= 15 is 0 Å². The molecule has 134 valence electrons. The van der Waals surface area contributed by atoms with E-state index in [9.17, 15) is 22.8 Å². The zero-order valence-electron chi connectivity index (χ0n) is 13.4. The number of hydrogen-bond acceptors (Lipinski definition) is 4. The highest BCUT2D eigenvalue weighted by Gasteiger charge is 2.16. The Hall–Kier alpha value is -2.81. The second kappa shape index (κ2) is 7.20. The van der Waals surface area contributed by atoms with E-state index in [0.717, 1.165) is 23.9 Å². The van der Waals surface area contributed by atoms with E-state index < -0.39 is 29.0 Å². The second-order valence-corrected chi connectivity index (χ2v) is 6.28. The molecule has 1 amide bonds. The summed E-state index contributed by atoms with van der Waals surface area (Å²) in [6.07, 6.45) is 0. The van der Waals surface area contributed by atoms with Crippen molar-refractivity contribution in [2.45, 2.75) is 5.16 Å². The van der Waals surface area contributed by atoms with Gasteiger partial charge in [-0.1, -0.05) is 23.9 Å². The van der Waals surface area contributed by atoms with E-state index in [1.54, 1.807) is 24.3 Å². The van der Waals surface area contributed by atoms with Gasteiger partial charge in [-0.3, -0.25) is 14.2 Å². The lowest BCUT2D eigenvalue weighted by Gasteiger charge is -2.09. The quantitative estimate of drug-likeness (QED) is 0.430. The molecule has 1 heterocycles. The van der Waals surface area contributed by atoms with Crippen LogP contribution in [-0.2, 0) is 11.8 Å². The van der Waals surface area contributed by atoms with Gasteiger partial charge in [-0.25, -0.2) is 18.2 Å². The number of nitrogens with one attached hydrogen (secondary N) is 1. The number of amides is 1. The van der Waals surface area contributed by atoms with Gasteiger partial charge in [0.05, 0.1) is 22.3 Å². The Bertz CT molecular complexity index is 1070. The summed E-state index contributed by atoms with van der Waals surface area (Å²) >= 11 is 0.966. The number of hydrogen-bond donors (Lipinski definition) is 1. The number of benzene rings is 2. The van der Waals surface area contributed by atoms with E-state index in [1.165, 1.54) is 11.6 Å². The van der Waals surface area contributed by atoms with Crippen molar-refractivity contribution in [1.82, 2.24) is 9.55 Å². The first-order chi connectivity index (χ1) is 12.4. The van der Waals surface area contributed by atoms with Crippen molar-refractivity contribution in [3.8, 4) is 0 Å². The maximum atomic E-state index is 13.6. The van der Waals surface area contributed by atoms with Crippen molar-refractivity contribution in [2.75, 3.05) is 11.1 Å². The average Bonchev–Trinajstić information content (AvgIpc) is 2.64. The van der Waals surface area contributed by atoms with Crippen LogP contribution in [0, 0.1) is 17.5 Å². The summed E-state index contributed by atoms with van der Waals surface area (Å²) in [6, 6.07) is 8.44. The van der Waals surface area contributed by atoms with E-state index in [1.807, 2.05) is 0 Å². The van der Waals surface area contributed by atoms with Crippen molar-refractivity contribution in [3.05, 3.63) is 64.2 Å². The van der Waals surface area contributed by atoms with Gasteiger partial charge in [0.25, 0.3) is 5.56 Å². The number of halogens is 3. The number of anilines is 1. The Kier molecular flexibility index (Phi) is 4.99. The van der Waals surface area contributed by atoms with Gasteiger partial charge >= 0.3 is 0 Å². The SMILES string of the molecule is Cn1c(SCC(=O)Nc2ccc(F)c(F)c2F)nc2ccccc2c1=O. The van der Waals surface area contributed by atoms with Crippen LogP contribution in [0.4, 0.5) is 18.9 Å². The molecule has 0 atom stereocenters. The number of thioether (sulfide) groups is 1. The summed E-state index contributed by atoms with van der Waals surface area (Å²) in [5, 5.41) is 2.92. The molecule has 0 aliphatic carbocycles. The molecule has 0 saturated carbocycles. The minimum atomic E-state index is -1.66. The van der Waals surface area contributed by atoms with Crippen molar-refractivity contribution in [3.63, 3.8) is 0 Å². The van der Waals surface area contributed by atoms with E-state index in [2.05, 4.69) is 10.3 Å². The maximum absolute atomic E-state index is 13.6. The Morgan fingerprint density at radius 3 is 2.65 bits per heavy atom. The van der Waals surface area contributed by atoms with Crippen molar-refractivity contribution < 1.29 is 18.0 Å². The fraction of sp³-hybridized carbons (Fsp3) is 0.118. The van der Waals surface area contributed by atoms with Gasteiger partial charge in [0.2, 0.25) is 5.91 Å². The molecule has 0 bridgehead atoms. The summed E-state index contributed by atoms with van der Waals surface area (Å²) in [6.45, 7) is 0. The molecule has 5 nitrogen and oxygen atoms in total. The molecule has 0 aliphatic rings. The maximum Gasteiger partial charge on any atom is 0.261 e. The van der Waals surface area contributed by atoms with Crippen LogP contribution in [0.3, 0.4) is 0 Å². The minimum Gasteiger partial charge on any atom is -0.323 e. The summed E-state index contributed by atoms with van der Waals surface area (Å²) < 4.78 is 41.0. The monoisotopic (exact) mass is 379 g/mol. The molecular formula is C17H12F3N3O2S. The van der Waals surface area contributed by atoms with Gasteiger partial charge < -0.3 is 5.32 Å². The van der Waals surface area contributed by atoms with Crippen LogP contribution in [-0.4, -0.2) is 21.2 Å². The van der Waals surface area contributed by atoms with Crippen LogP contribution >= 0.6 is 11.8 Å². The Morgan fingerprint density at radius 2 is 1.88 bits per heavy atom. The number of fused-ring (bicyclic) bond motifs is 1. The molecule has 3 aromatic rings. The summed E-state index contributed by atoms with van der Waals surface area (Å²) in [5.74, 6) is -5.32. The fourth-order valence-corrected chi connectivity index (χ4v) is 3.04. The van der Waals surface area contributed by atoms with Gasteiger partial charge in [0.1, 0.15) is 0 Å². The lowest BCUT2D eigenvalue weighted by molar-refractivity contribution is -0.113. The summed E-state index contributed by atoms with van der Waals surface area (Å²) in [4.78, 5) is 28.6. The lowest BCUT2D eigenvalue weighted by Crippen LogP contribution is -2.21. The third-order valence-electron chi connectivity index (χ3n) is 3.58. The molecule has 0 radical (unpaired) electrons. The molecular weight excluding hydrogens is 367 g/mol. The van der Waals surface area contributed by atoms with Gasteiger partial charge in [-0.2, -0.15) is 0 Å². The standard InChI is InChI=1S/C17H12F3N3O2S/c1-23-16(25)9-4-2-3-5-11(9)22-17(23)26-8-13(24)21-12-7-6-10(18)14(19)15(12)20/h2-7H,8H2,1H3,(H,21,24). The number of para-hydroxylation sites is 1. The molecule has 9 heteroatoms. The number of aromatic nitrogens is 2. The zero-order chi connectivity index (χ0) is 18.8. The van der Waals surface area contributed by atoms with Crippen molar-refractivity contribution >= 4 is 34.3 Å². The molecule has 0 spiro atoms. The molecule has 0 unspecified atom stereocenters. The first kappa shape index (κ1) is 18.0. The Balaban J connectivity index is 1.76. The third kappa shape index (κ3) is 3.43. The minimum absolute atomic E-state index is 0.197. The predicted molar refractivity (Wildman–Crippen MR) is 92.7 cm³/mol. The van der Waals surface area contributed by atoms with E-state index in [-0.39, 0.29) is 11.3 Å². The van der Waals surface area contributed by atoms with Gasteiger partial charge in [-0.05, 0) is 24.3 Å². The number of carbonyl (C=O) groups excluding carboxylic acids is 1. The largest absolute Gasteiger partial charge is 0.323 e. The van der Waals surface area contributed by atoms with Crippen molar-refractivity contribution in [1.29, 1.82) is 0 Å². The topological polar surface area (TPSA) is 64.0 Å². The highest BCUT2D eigenvalue weighted by Crippen LogP contribution is 2.21. The fourth-order valence-electron chi connectivity index (χ4n) is 2.27. The van der Waals surface area contributed by atoms with Gasteiger partial charge in [0.15, 0.2) is 22.6 Å². The van der Waals surface area contributed by atoms with Crippen LogP contribution in [0.15, 0.2) is 46.3 Å². The molecule has 1 aromatic heterocycles. The molecule has 1 N–H and O–H groups in total. The molecule has 0 fully saturated rings. The Morgan fingerprint density at radius 1 is 1.15 bits per heavy atom. The number of carbonyl (C=O) groups is 1. The first-order valence-corrected chi connectivity index (χ1v) is 8.39. The van der Waals surface area contributed by atoms with Gasteiger partial charge in [-0.15, -0.1) is 0 Å². The van der Waals surface area contributed by atoms with Crippen LogP contribution in [0.2, 0.25) is 0 Å². The van der Waals surface area contributed by atoms with Crippen LogP contribution in [0.25, 0.3) is 10.9 Å². The zero-order valence-corrected chi connectivity index (χ0v) is 14.2. The van der Waals surface area contributed by atoms with Crippen LogP contribution in [0.5, 0.6) is 0 Å². The highest BCUT2D eigenvalue weighted by molar-refractivity contribution is 7.99. The summed E-state index contributed by atoms with van der Waals surface area (Å²) in [7, 11) is 1.52.